The van der Waals surface area contributed by atoms with E-state index in [1.54, 1.807) is 7.11 Å². The summed E-state index contributed by atoms with van der Waals surface area (Å²) in [7, 11) is 1.69. The molecule has 0 unspecified atom stereocenters. The number of piperidine rings is 1. The van der Waals surface area contributed by atoms with Crippen LogP contribution in [0.25, 0.3) is 22.4 Å². The summed E-state index contributed by atoms with van der Waals surface area (Å²) in [4.78, 5) is 15.6. The lowest BCUT2D eigenvalue weighted by Gasteiger charge is -2.27. The Kier molecular flexibility index (Phi) is 5.01. The SMILES string of the molecule is COc1cc(NC(=O)C2=Cc3cccc4cccc2c34)ccc1CN1CCCCC1. The van der Waals surface area contributed by atoms with E-state index in [4.69, 9.17) is 4.74 Å². The van der Waals surface area contributed by atoms with E-state index in [0.717, 1.165) is 58.5 Å². The first-order valence-corrected chi connectivity index (χ1v) is 10.7. The summed E-state index contributed by atoms with van der Waals surface area (Å²) in [5.41, 5.74) is 4.72. The highest BCUT2D eigenvalue weighted by Crippen LogP contribution is 2.37. The van der Waals surface area contributed by atoms with Gasteiger partial charge in [-0.05, 0) is 60.0 Å². The molecule has 30 heavy (non-hydrogen) atoms. The molecule has 152 valence electrons. The second-order valence-corrected chi connectivity index (χ2v) is 8.13. The van der Waals surface area contributed by atoms with Crippen molar-refractivity contribution < 1.29 is 9.53 Å². The van der Waals surface area contributed by atoms with Gasteiger partial charge in [0.1, 0.15) is 5.75 Å². The summed E-state index contributed by atoms with van der Waals surface area (Å²) in [5, 5.41) is 5.38. The topological polar surface area (TPSA) is 41.6 Å². The maximum Gasteiger partial charge on any atom is 0.256 e. The van der Waals surface area contributed by atoms with Crippen LogP contribution in [0.4, 0.5) is 5.69 Å². The minimum atomic E-state index is -0.0930. The Labute approximate surface area is 177 Å². The summed E-state index contributed by atoms with van der Waals surface area (Å²) in [6.45, 7) is 3.17. The number of ether oxygens (including phenoxy) is 1. The molecular weight excluding hydrogens is 372 g/mol. The van der Waals surface area contributed by atoms with Gasteiger partial charge >= 0.3 is 0 Å². The van der Waals surface area contributed by atoms with Gasteiger partial charge in [-0.2, -0.15) is 0 Å². The van der Waals surface area contributed by atoms with Crippen LogP contribution in [0.3, 0.4) is 0 Å². The monoisotopic (exact) mass is 398 g/mol. The van der Waals surface area contributed by atoms with Crippen LogP contribution in [0.1, 0.15) is 36.0 Å². The lowest BCUT2D eigenvalue weighted by molar-refractivity contribution is -0.111. The third-order valence-corrected chi connectivity index (χ3v) is 6.16. The molecular formula is C26H26N2O2. The highest BCUT2D eigenvalue weighted by molar-refractivity contribution is 6.34. The molecule has 0 atom stereocenters. The van der Waals surface area contributed by atoms with E-state index in [0.29, 0.717) is 5.57 Å². The second kappa shape index (κ2) is 7.96. The predicted molar refractivity (Wildman–Crippen MR) is 123 cm³/mol. The minimum absolute atomic E-state index is 0.0930. The first-order chi connectivity index (χ1) is 14.7. The van der Waals surface area contributed by atoms with Crippen molar-refractivity contribution in [3.05, 3.63) is 71.3 Å². The van der Waals surface area contributed by atoms with Gasteiger partial charge in [0.2, 0.25) is 0 Å². The standard InChI is InChI=1S/C26H26N2O2/c1-30-24-16-21(12-11-20(24)17-28-13-3-2-4-14-28)27-26(29)23-15-19-9-5-7-18-8-6-10-22(23)25(18)19/h5-12,15-16H,2-4,13-14,17H2,1H3,(H,27,29). The van der Waals surface area contributed by atoms with Crippen LogP contribution < -0.4 is 10.1 Å². The average molecular weight is 399 g/mol. The van der Waals surface area contributed by atoms with Crippen LogP contribution in [-0.2, 0) is 11.3 Å². The zero-order valence-corrected chi connectivity index (χ0v) is 17.3. The number of methoxy groups -OCH3 is 1. The first-order valence-electron chi connectivity index (χ1n) is 10.7. The molecule has 3 aromatic carbocycles. The van der Waals surface area contributed by atoms with Crippen LogP contribution >= 0.6 is 0 Å². The van der Waals surface area contributed by atoms with Crippen LogP contribution in [-0.4, -0.2) is 31.0 Å². The molecule has 1 fully saturated rings. The van der Waals surface area contributed by atoms with Crippen molar-refractivity contribution in [3.63, 3.8) is 0 Å². The number of nitrogens with one attached hydrogen (secondary N) is 1. The van der Waals surface area contributed by atoms with E-state index in [9.17, 15) is 4.79 Å². The smallest absolute Gasteiger partial charge is 0.256 e. The molecule has 4 nitrogen and oxygen atoms in total. The molecule has 0 radical (unpaired) electrons. The summed E-state index contributed by atoms with van der Waals surface area (Å²) in [5.74, 6) is 0.730. The zero-order chi connectivity index (χ0) is 20.5. The predicted octanol–water partition coefficient (Wildman–Crippen LogP) is 5.33. The Morgan fingerprint density at radius 2 is 1.83 bits per heavy atom. The van der Waals surface area contributed by atoms with Crippen molar-refractivity contribution in [2.45, 2.75) is 25.8 Å². The Bertz CT molecular complexity index is 1140. The Balaban J connectivity index is 1.36. The van der Waals surface area contributed by atoms with Gasteiger partial charge in [0.25, 0.3) is 5.91 Å². The number of amides is 1. The van der Waals surface area contributed by atoms with E-state index >= 15 is 0 Å². The maximum absolute atomic E-state index is 13.1. The van der Waals surface area contributed by atoms with Gasteiger partial charge in [-0.1, -0.05) is 48.9 Å². The fourth-order valence-electron chi connectivity index (χ4n) is 4.65. The summed E-state index contributed by atoms with van der Waals surface area (Å²) in [6.07, 6.45) is 5.84. The number of anilines is 1. The number of carbonyl (C=O) groups excluding carboxylic acids is 1. The lowest BCUT2D eigenvalue weighted by atomic mass is 10.0. The van der Waals surface area contributed by atoms with Crippen LogP contribution in [0, 0.1) is 0 Å². The molecule has 1 amide bonds. The quantitative estimate of drug-likeness (QED) is 0.632. The van der Waals surface area contributed by atoms with E-state index < -0.39 is 0 Å². The van der Waals surface area contributed by atoms with Gasteiger partial charge in [-0.25, -0.2) is 0 Å². The zero-order valence-electron chi connectivity index (χ0n) is 17.3. The molecule has 3 aromatic rings. The minimum Gasteiger partial charge on any atom is -0.496 e. The van der Waals surface area contributed by atoms with Gasteiger partial charge in [0.05, 0.1) is 7.11 Å². The molecule has 1 heterocycles. The van der Waals surface area contributed by atoms with Gasteiger partial charge in [0, 0.05) is 29.4 Å². The molecule has 1 aliphatic carbocycles. The second-order valence-electron chi connectivity index (χ2n) is 8.13. The van der Waals surface area contributed by atoms with Gasteiger partial charge in [0.15, 0.2) is 0 Å². The molecule has 0 spiro atoms. The number of benzene rings is 3. The number of hydrogen-bond donors (Lipinski definition) is 1. The van der Waals surface area contributed by atoms with E-state index in [-0.39, 0.29) is 5.91 Å². The van der Waals surface area contributed by atoms with Crippen LogP contribution in [0.15, 0.2) is 54.6 Å². The highest BCUT2D eigenvalue weighted by Gasteiger charge is 2.22. The molecule has 1 aliphatic heterocycles. The van der Waals surface area contributed by atoms with Crippen molar-refractivity contribution in [1.82, 2.24) is 4.90 Å². The average Bonchev–Trinajstić information content (AvgIpc) is 3.16. The fraction of sp³-hybridized carbons (Fsp3) is 0.269. The molecule has 0 saturated carbocycles. The number of carbonyl (C=O) groups is 1. The third kappa shape index (κ3) is 3.48. The normalized spacial score (nSPS) is 15.8. The Morgan fingerprint density at radius 3 is 2.63 bits per heavy atom. The number of hydrogen-bond acceptors (Lipinski definition) is 3. The molecule has 1 N–H and O–H groups in total. The van der Waals surface area contributed by atoms with Crippen molar-refractivity contribution >= 4 is 34.0 Å². The Morgan fingerprint density at radius 1 is 1.03 bits per heavy atom. The first kappa shape index (κ1) is 18.9. The summed E-state index contributed by atoms with van der Waals surface area (Å²) >= 11 is 0. The van der Waals surface area contributed by atoms with Gasteiger partial charge < -0.3 is 10.1 Å². The van der Waals surface area contributed by atoms with Gasteiger partial charge in [-0.15, -0.1) is 0 Å². The summed E-state index contributed by atoms with van der Waals surface area (Å²) in [6, 6.07) is 18.3. The van der Waals surface area contributed by atoms with E-state index in [2.05, 4.69) is 34.5 Å². The van der Waals surface area contributed by atoms with E-state index in [1.165, 1.54) is 19.3 Å². The number of rotatable bonds is 5. The van der Waals surface area contributed by atoms with Crippen LogP contribution in [0.5, 0.6) is 5.75 Å². The maximum atomic E-state index is 13.1. The van der Waals surface area contributed by atoms with Crippen molar-refractivity contribution in [2.75, 3.05) is 25.5 Å². The molecule has 5 rings (SSSR count). The molecule has 0 aromatic heterocycles. The van der Waals surface area contributed by atoms with E-state index in [1.807, 2.05) is 36.4 Å². The third-order valence-electron chi connectivity index (χ3n) is 6.16. The molecule has 1 saturated heterocycles. The fourth-order valence-corrected chi connectivity index (χ4v) is 4.65. The highest BCUT2D eigenvalue weighted by atomic mass is 16.5. The Hall–Kier alpha value is -3.11. The molecule has 4 heteroatoms. The van der Waals surface area contributed by atoms with Gasteiger partial charge in [-0.3, -0.25) is 9.69 Å². The van der Waals surface area contributed by atoms with Crippen molar-refractivity contribution in [1.29, 1.82) is 0 Å². The molecule has 0 bridgehead atoms. The van der Waals surface area contributed by atoms with Crippen LogP contribution in [0.2, 0.25) is 0 Å². The van der Waals surface area contributed by atoms with Crippen molar-refractivity contribution in [3.8, 4) is 5.75 Å². The largest absolute Gasteiger partial charge is 0.496 e. The van der Waals surface area contributed by atoms with Crippen molar-refractivity contribution in [2.24, 2.45) is 0 Å². The summed E-state index contributed by atoms with van der Waals surface area (Å²) < 4.78 is 5.64. The lowest BCUT2D eigenvalue weighted by Crippen LogP contribution is -2.29. The molecule has 2 aliphatic rings. The number of likely N-dealkylation sites (tertiary alicyclic amines) is 1. The number of nitrogens with zero attached hydrogens (tertiary/aromatic N) is 1.